The number of hydrogen-bond acceptors (Lipinski definition) is 9. The minimum absolute atomic E-state index is 0. The molecule has 0 heterocycles. The van der Waals surface area contributed by atoms with E-state index >= 15 is 0 Å². The Hall–Kier alpha value is 3.96. The fourth-order valence-electron chi connectivity index (χ4n) is 4.78. The van der Waals surface area contributed by atoms with Gasteiger partial charge in [-0.1, -0.05) is 180 Å². The van der Waals surface area contributed by atoms with E-state index in [1.54, 1.807) is 0 Å². The van der Waals surface area contributed by atoms with Gasteiger partial charge in [-0.05, 0) is 6.42 Å². The molecule has 0 aromatic heterocycles. The van der Waals surface area contributed by atoms with Crippen LogP contribution in [-0.4, -0.2) is 125 Å². The third-order valence-corrected chi connectivity index (χ3v) is 7.01. The van der Waals surface area contributed by atoms with E-state index < -0.39 is 15.6 Å². The van der Waals surface area contributed by atoms with Gasteiger partial charge in [0.15, 0.2) is 0 Å². The van der Waals surface area contributed by atoms with Crippen LogP contribution in [0.5, 0.6) is 0 Å². The standard InChI is InChI=1S/C30H62O.3Ca.2H3O4P/c1-2-3-4-5-6-7-8-9-10-11-12-13-14-15-16-17-18-19-20-21-22-23-24-25-26-27-28-29-30-31;;;;2*1-5(2,3)4/h31H,2-30H2,1H3;;;;2*(H3,1,2,3,4)/q;3*+2;;/p-6. The Morgan fingerprint density at radius 2 is 0.455 bits per heavy atom. The van der Waals surface area contributed by atoms with Crippen molar-refractivity contribution in [3.05, 3.63) is 0 Å². The first-order valence-corrected chi connectivity index (χ1v) is 19.4. The molecule has 9 nitrogen and oxygen atoms in total. The number of hydrogen-bond donors (Lipinski definition) is 1. The maximum Gasteiger partial charge on any atom is 2.00 e. The smallest absolute Gasteiger partial charge is 0.822 e. The number of phosphoric acid groups is 2. The van der Waals surface area contributed by atoms with Crippen LogP contribution in [0.15, 0.2) is 0 Å². The van der Waals surface area contributed by atoms with Crippen molar-refractivity contribution in [1.29, 1.82) is 0 Å². The van der Waals surface area contributed by atoms with Gasteiger partial charge in [0.25, 0.3) is 0 Å². The van der Waals surface area contributed by atoms with E-state index in [-0.39, 0.29) is 113 Å². The zero-order chi connectivity index (χ0) is 31.5. The summed E-state index contributed by atoms with van der Waals surface area (Å²) in [5.41, 5.74) is 0. The van der Waals surface area contributed by atoms with Gasteiger partial charge in [-0.15, -0.1) is 0 Å². The SMILES string of the molecule is CCCCCCCCCCCCCCCCCCCCCCCCCCCCCCO.O=P([O-])([O-])[O-].O=P([O-])([O-])[O-].[Ca+2].[Ca+2].[Ca+2]. The fourth-order valence-corrected chi connectivity index (χ4v) is 4.78. The Kier molecular flexibility index (Phi) is 67.0. The first kappa shape index (κ1) is 60.1. The summed E-state index contributed by atoms with van der Waals surface area (Å²) in [5, 5.41) is 8.76. The van der Waals surface area contributed by atoms with Crippen LogP contribution in [0.2, 0.25) is 0 Å². The molecule has 44 heavy (non-hydrogen) atoms. The number of aliphatic hydroxyl groups is 1. The van der Waals surface area contributed by atoms with Gasteiger partial charge in [0.05, 0.1) is 0 Å². The van der Waals surface area contributed by atoms with E-state index in [0.717, 1.165) is 6.42 Å². The van der Waals surface area contributed by atoms with Crippen LogP contribution in [0.3, 0.4) is 0 Å². The maximum absolute atomic E-state index is 8.76. The molecule has 0 radical (unpaired) electrons. The van der Waals surface area contributed by atoms with Crippen molar-refractivity contribution in [3.63, 3.8) is 0 Å². The van der Waals surface area contributed by atoms with Gasteiger partial charge in [0.2, 0.25) is 0 Å². The van der Waals surface area contributed by atoms with Crippen LogP contribution < -0.4 is 29.4 Å². The summed E-state index contributed by atoms with van der Waals surface area (Å²) < 4.78 is 17.1. The van der Waals surface area contributed by atoms with E-state index in [1.165, 1.54) is 173 Å². The van der Waals surface area contributed by atoms with Crippen LogP contribution in [0, 0.1) is 0 Å². The molecule has 0 aliphatic heterocycles. The molecule has 0 saturated carbocycles. The number of aliphatic hydroxyl groups excluding tert-OH is 1. The quantitative estimate of drug-likeness (QED) is 0.0696. The maximum atomic E-state index is 8.76. The number of unbranched alkanes of at least 4 members (excludes halogenated alkanes) is 27. The van der Waals surface area contributed by atoms with Crippen LogP contribution in [0.25, 0.3) is 0 Å². The fraction of sp³-hybridized carbons (Fsp3) is 1.00. The molecule has 0 atom stereocenters. The average Bonchev–Trinajstić information content (AvgIpc) is 2.86. The summed E-state index contributed by atoms with van der Waals surface area (Å²) >= 11 is 0. The Bertz CT molecular complexity index is 519. The molecule has 0 saturated heterocycles. The van der Waals surface area contributed by atoms with Gasteiger partial charge in [0.1, 0.15) is 0 Å². The average molecular weight is 749 g/mol. The molecule has 0 spiro atoms. The van der Waals surface area contributed by atoms with Gasteiger partial charge in [0, 0.05) is 6.61 Å². The normalized spacial score (nSPS) is 10.7. The summed E-state index contributed by atoms with van der Waals surface area (Å²) in [5.74, 6) is 0. The zero-order valence-corrected chi connectivity index (χ0v) is 36.6. The van der Waals surface area contributed by atoms with Crippen molar-refractivity contribution in [2.24, 2.45) is 0 Å². The second-order valence-corrected chi connectivity index (χ2v) is 13.0. The molecule has 0 unspecified atom stereocenters. The van der Waals surface area contributed by atoms with Gasteiger partial charge < -0.3 is 43.6 Å². The van der Waals surface area contributed by atoms with Crippen molar-refractivity contribution >= 4 is 129 Å². The van der Waals surface area contributed by atoms with E-state index in [2.05, 4.69) is 6.92 Å². The molecule has 0 rings (SSSR count). The molecule has 0 amide bonds. The summed E-state index contributed by atoms with van der Waals surface area (Å²) in [6.07, 6.45) is 40.1. The van der Waals surface area contributed by atoms with Crippen LogP contribution in [0.1, 0.15) is 187 Å². The van der Waals surface area contributed by atoms with Crippen LogP contribution in [0.4, 0.5) is 0 Å². The van der Waals surface area contributed by atoms with Crippen molar-refractivity contribution in [2.45, 2.75) is 187 Å². The van der Waals surface area contributed by atoms with E-state index in [9.17, 15) is 0 Å². The zero-order valence-electron chi connectivity index (χ0n) is 28.2. The third kappa shape index (κ3) is 91.0. The predicted octanol–water partition coefficient (Wildman–Crippen LogP) is 4.13. The van der Waals surface area contributed by atoms with Gasteiger partial charge in [-0.25, -0.2) is 0 Å². The van der Waals surface area contributed by atoms with Gasteiger partial charge in [-0.3, -0.25) is 0 Å². The first-order valence-electron chi connectivity index (χ1n) is 16.5. The van der Waals surface area contributed by atoms with Crippen LogP contribution in [-0.2, 0) is 9.13 Å². The molecule has 252 valence electrons. The van der Waals surface area contributed by atoms with E-state index in [4.69, 9.17) is 43.6 Å². The Morgan fingerprint density at radius 1 is 0.341 bits per heavy atom. The second-order valence-electron chi connectivity index (χ2n) is 11.2. The number of rotatable bonds is 28. The molecule has 0 aromatic rings. The predicted molar refractivity (Wildman–Crippen MR) is 175 cm³/mol. The van der Waals surface area contributed by atoms with Crippen molar-refractivity contribution < 1.29 is 43.6 Å². The largest absolute Gasteiger partial charge is 2.00 e. The second kappa shape index (κ2) is 49.1. The molecule has 1 N–H and O–H groups in total. The molecule has 0 bridgehead atoms. The molecular weight excluding hydrogens is 687 g/mol. The molecule has 0 aliphatic carbocycles. The monoisotopic (exact) mass is 748 g/mol. The summed E-state index contributed by atoms with van der Waals surface area (Å²) in [4.78, 5) is 51.3. The third-order valence-electron chi connectivity index (χ3n) is 7.01. The van der Waals surface area contributed by atoms with Crippen molar-refractivity contribution in [1.82, 2.24) is 0 Å². The molecule has 14 heteroatoms. The molecule has 0 fully saturated rings. The Labute approximate surface area is 360 Å². The minimum Gasteiger partial charge on any atom is -0.822 e. The molecular formula is C30H62Ca3O9P2. The molecule has 0 aromatic carbocycles. The van der Waals surface area contributed by atoms with Crippen LogP contribution >= 0.6 is 15.6 Å². The van der Waals surface area contributed by atoms with Gasteiger partial charge in [-0.2, -0.15) is 15.6 Å². The van der Waals surface area contributed by atoms with Crippen molar-refractivity contribution in [3.8, 4) is 0 Å². The summed E-state index contributed by atoms with van der Waals surface area (Å²) in [6.45, 7) is 2.68. The topological polar surface area (TPSA) is 193 Å². The first-order chi connectivity index (χ1) is 19.4. The summed E-state index contributed by atoms with van der Waals surface area (Å²) in [6, 6.07) is 0. The van der Waals surface area contributed by atoms with E-state index in [0.29, 0.717) is 6.61 Å². The summed E-state index contributed by atoms with van der Waals surface area (Å²) in [7, 11) is -10.8. The Morgan fingerprint density at radius 3 is 0.568 bits per heavy atom. The van der Waals surface area contributed by atoms with Crippen molar-refractivity contribution in [2.75, 3.05) is 6.61 Å². The minimum atomic E-state index is -5.39. The van der Waals surface area contributed by atoms with E-state index in [1.807, 2.05) is 0 Å². The molecule has 0 aliphatic rings. The van der Waals surface area contributed by atoms with Gasteiger partial charge >= 0.3 is 113 Å². The Balaban J connectivity index is -0.000000239.